The zero-order valence-electron chi connectivity index (χ0n) is 10.5. The van der Waals surface area contributed by atoms with Gasteiger partial charge in [0.1, 0.15) is 0 Å². The summed E-state index contributed by atoms with van der Waals surface area (Å²) in [5.74, 6) is 0.365. The van der Waals surface area contributed by atoms with Gasteiger partial charge >= 0.3 is 6.03 Å². The molecule has 0 aromatic rings. The normalized spacial score (nSPS) is 12.3. The predicted octanol–water partition coefficient (Wildman–Crippen LogP) is 1.36. The lowest BCUT2D eigenvalue weighted by atomic mass is 10.2. The minimum absolute atomic E-state index is 0.128. The molecule has 2 N–H and O–H groups in total. The number of nitrogens with zero attached hydrogens (tertiary/aromatic N) is 2. The number of hydrogen-bond acceptors (Lipinski definition) is 2. The second-order valence-corrected chi connectivity index (χ2v) is 3.83. The number of hydrogen-bond donors (Lipinski definition) is 1. The molecule has 1 atom stereocenters. The lowest BCUT2D eigenvalue weighted by molar-refractivity contribution is 0.153. The molecule has 0 bridgehead atoms. The van der Waals surface area contributed by atoms with Crippen LogP contribution in [0.2, 0.25) is 0 Å². The van der Waals surface area contributed by atoms with Crippen molar-refractivity contribution >= 4 is 6.03 Å². The number of rotatable bonds is 6. The highest BCUT2D eigenvalue weighted by molar-refractivity contribution is 5.74. The molecule has 0 saturated carbocycles. The van der Waals surface area contributed by atoms with E-state index < -0.39 is 0 Å². The molecule has 0 aliphatic rings. The van der Waals surface area contributed by atoms with Gasteiger partial charge in [-0.05, 0) is 33.2 Å². The van der Waals surface area contributed by atoms with Gasteiger partial charge in [0, 0.05) is 26.2 Å². The van der Waals surface area contributed by atoms with E-state index in [2.05, 4.69) is 6.92 Å². The van der Waals surface area contributed by atoms with Crippen molar-refractivity contribution in [3.8, 4) is 0 Å². The molecule has 0 radical (unpaired) electrons. The third-order valence-electron chi connectivity index (χ3n) is 2.62. The fourth-order valence-corrected chi connectivity index (χ4v) is 1.49. The van der Waals surface area contributed by atoms with E-state index in [4.69, 9.17) is 5.73 Å². The van der Waals surface area contributed by atoms with Gasteiger partial charge in [-0.2, -0.15) is 0 Å². The number of nitrogens with two attached hydrogens (primary N) is 1. The van der Waals surface area contributed by atoms with Crippen LogP contribution in [0, 0.1) is 5.92 Å². The summed E-state index contributed by atoms with van der Waals surface area (Å²) >= 11 is 0. The molecule has 2 amide bonds. The van der Waals surface area contributed by atoms with E-state index in [1.165, 1.54) is 0 Å². The average Bonchev–Trinajstić information content (AvgIpc) is 2.26. The molecule has 0 fully saturated rings. The van der Waals surface area contributed by atoms with E-state index in [1.54, 1.807) is 0 Å². The van der Waals surface area contributed by atoms with Gasteiger partial charge in [0.25, 0.3) is 0 Å². The first kappa shape index (κ1) is 14.2. The Labute approximate surface area is 93.4 Å². The molecular weight excluding hydrogens is 190 g/mol. The zero-order chi connectivity index (χ0) is 11.8. The summed E-state index contributed by atoms with van der Waals surface area (Å²) < 4.78 is 0. The molecule has 0 aliphatic heterocycles. The van der Waals surface area contributed by atoms with E-state index in [0.29, 0.717) is 12.5 Å². The Morgan fingerprint density at radius 3 is 1.93 bits per heavy atom. The molecule has 0 aromatic carbocycles. The quantitative estimate of drug-likeness (QED) is 0.727. The molecule has 4 nitrogen and oxygen atoms in total. The average molecular weight is 215 g/mol. The molecule has 15 heavy (non-hydrogen) atoms. The van der Waals surface area contributed by atoms with Gasteiger partial charge in [-0.3, -0.25) is 0 Å². The van der Waals surface area contributed by atoms with Crippen LogP contribution in [0.15, 0.2) is 0 Å². The first-order valence-corrected chi connectivity index (χ1v) is 5.84. The molecule has 0 spiro atoms. The predicted molar refractivity (Wildman–Crippen MR) is 63.8 cm³/mol. The first-order valence-electron chi connectivity index (χ1n) is 5.84. The third-order valence-corrected chi connectivity index (χ3v) is 2.62. The highest BCUT2D eigenvalue weighted by atomic mass is 16.2. The second-order valence-electron chi connectivity index (χ2n) is 3.83. The highest BCUT2D eigenvalue weighted by Crippen LogP contribution is 2.03. The first-order chi connectivity index (χ1) is 7.10. The summed E-state index contributed by atoms with van der Waals surface area (Å²) in [6.45, 7) is 11.7. The summed E-state index contributed by atoms with van der Waals surface area (Å²) in [6, 6.07) is 0.128. The van der Waals surface area contributed by atoms with E-state index >= 15 is 0 Å². The van der Waals surface area contributed by atoms with Crippen molar-refractivity contribution in [2.75, 3.05) is 32.7 Å². The maximum atomic E-state index is 12.0. The van der Waals surface area contributed by atoms with Crippen LogP contribution < -0.4 is 5.73 Å². The van der Waals surface area contributed by atoms with E-state index in [0.717, 1.165) is 26.2 Å². The van der Waals surface area contributed by atoms with Gasteiger partial charge in [0.05, 0.1) is 0 Å². The van der Waals surface area contributed by atoms with Gasteiger partial charge in [-0.25, -0.2) is 4.79 Å². The summed E-state index contributed by atoms with van der Waals surface area (Å²) in [7, 11) is 0. The molecule has 0 heterocycles. The van der Waals surface area contributed by atoms with Crippen molar-refractivity contribution in [1.82, 2.24) is 9.80 Å². The Balaban J connectivity index is 4.32. The fourth-order valence-electron chi connectivity index (χ4n) is 1.49. The van der Waals surface area contributed by atoms with Gasteiger partial charge in [-0.1, -0.05) is 6.92 Å². The Kier molecular flexibility index (Phi) is 7.13. The SMILES string of the molecule is CCN(CC)C(=O)N(CC)CC(C)CN. The number of amides is 2. The fraction of sp³-hybridized carbons (Fsp3) is 0.909. The largest absolute Gasteiger partial charge is 0.330 e. The molecule has 0 aromatic heterocycles. The third kappa shape index (κ3) is 4.51. The van der Waals surface area contributed by atoms with Crippen molar-refractivity contribution in [3.63, 3.8) is 0 Å². The van der Waals surface area contributed by atoms with Crippen molar-refractivity contribution in [1.29, 1.82) is 0 Å². The van der Waals surface area contributed by atoms with Crippen LogP contribution in [-0.4, -0.2) is 48.6 Å². The van der Waals surface area contributed by atoms with Crippen LogP contribution in [0.3, 0.4) is 0 Å². The Morgan fingerprint density at radius 1 is 1.13 bits per heavy atom. The van der Waals surface area contributed by atoms with Crippen molar-refractivity contribution < 1.29 is 4.79 Å². The van der Waals surface area contributed by atoms with Crippen molar-refractivity contribution in [2.45, 2.75) is 27.7 Å². The van der Waals surface area contributed by atoms with Gasteiger partial charge in [0.15, 0.2) is 0 Å². The van der Waals surface area contributed by atoms with Crippen LogP contribution in [0.25, 0.3) is 0 Å². The molecule has 90 valence electrons. The lowest BCUT2D eigenvalue weighted by Crippen LogP contribution is -2.45. The van der Waals surface area contributed by atoms with Crippen LogP contribution in [0.4, 0.5) is 4.79 Å². The standard InChI is InChI=1S/C11H25N3O/c1-5-13(6-2)11(15)14(7-3)9-10(4)8-12/h10H,5-9,12H2,1-4H3. The maximum Gasteiger partial charge on any atom is 0.319 e. The van der Waals surface area contributed by atoms with E-state index in [9.17, 15) is 4.79 Å². The minimum Gasteiger partial charge on any atom is -0.330 e. The lowest BCUT2D eigenvalue weighted by Gasteiger charge is -2.30. The topological polar surface area (TPSA) is 49.6 Å². The molecule has 0 aliphatic carbocycles. The monoisotopic (exact) mass is 215 g/mol. The molecular formula is C11H25N3O. The van der Waals surface area contributed by atoms with Crippen LogP contribution >= 0.6 is 0 Å². The summed E-state index contributed by atoms with van der Waals surface area (Å²) in [5, 5.41) is 0. The maximum absolute atomic E-state index is 12.0. The van der Waals surface area contributed by atoms with Gasteiger partial charge in [0.2, 0.25) is 0 Å². The van der Waals surface area contributed by atoms with E-state index in [1.807, 2.05) is 30.6 Å². The Morgan fingerprint density at radius 2 is 1.60 bits per heavy atom. The zero-order valence-corrected chi connectivity index (χ0v) is 10.5. The molecule has 1 unspecified atom stereocenters. The number of carbonyl (C=O) groups excluding carboxylic acids is 1. The van der Waals surface area contributed by atoms with Crippen LogP contribution in [0.1, 0.15) is 27.7 Å². The van der Waals surface area contributed by atoms with Crippen LogP contribution in [-0.2, 0) is 0 Å². The Bertz CT molecular complexity index is 181. The second kappa shape index (κ2) is 7.51. The molecule has 0 rings (SSSR count). The van der Waals surface area contributed by atoms with Crippen LogP contribution in [0.5, 0.6) is 0 Å². The van der Waals surface area contributed by atoms with E-state index in [-0.39, 0.29) is 6.03 Å². The van der Waals surface area contributed by atoms with Gasteiger partial charge in [-0.15, -0.1) is 0 Å². The molecule has 4 heteroatoms. The van der Waals surface area contributed by atoms with Gasteiger partial charge < -0.3 is 15.5 Å². The number of carbonyl (C=O) groups is 1. The summed E-state index contributed by atoms with van der Waals surface area (Å²) in [6.07, 6.45) is 0. The molecule has 0 saturated heterocycles. The summed E-state index contributed by atoms with van der Waals surface area (Å²) in [4.78, 5) is 15.7. The van der Waals surface area contributed by atoms with Crippen molar-refractivity contribution in [2.24, 2.45) is 11.7 Å². The summed E-state index contributed by atoms with van der Waals surface area (Å²) in [5.41, 5.74) is 5.56. The smallest absolute Gasteiger partial charge is 0.319 e. The minimum atomic E-state index is 0.128. The Hall–Kier alpha value is -0.770. The van der Waals surface area contributed by atoms with Crippen molar-refractivity contribution in [3.05, 3.63) is 0 Å². The number of urea groups is 1. The highest BCUT2D eigenvalue weighted by Gasteiger charge is 2.18.